The van der Waals surface area contributed by atoms with Gasteiger partial charge in [0.15, 0.2) is 0 Å². The average Bonchev–Trinajstić information content (AvgIpc) is 3.11. The Bertz CT molecular complexity index is 835. The molecule has 1 heterocycles. The van der Waals surface area contributed by atoms with Gasteiger partial charge in [0.1, 0.15) is 5.75 Å². The highest BCUT2D eigenvalue weighted by molar-refractivity contribution is 5.73. The maximum Gasteiger partial charge on any atom is 0.516 e. The van der Waals surface area contributed by atoms with E-state index in [0.29, 0.717) is 18.6 Å². The van der Waals surface area contributed by atoms with Crippen LogP contribution in [-0.2, 0) is 37.3 Å². The maximum atomic E-state index is 12.6. The number of rotatable bonds is 10. The first kappa shape index (κ1) is 22.9. The van der Waals surface area contributed by atoms with Crippen molar-refractivity contribution in [2.24, 2.45) is 18.9 Å². The van der Waals surface area contributed by atoms with Crippen molar-refractivity contribution in [3.05, 3.63) is 48.5 Å². The molecule has 2 aromatic rings. The van der Waals surface area contributed by atoms with Gasteiger partial charge in [-0.15, -0.1) is 0 Å². The number of benzene rings is 1. The molecule has 0 aliphatic rings. The third-order valence-electron chi connectivity index (χ3n) is 4.52. The third-order valence-corrected chi connectivity index (χ3v) is 4.52. The van der Waals surface area contributed by atoms with Crippen LogP contribution in [0.3, 0.4) is 0 Å². The van der Waals surface area contributed by atoms with Gasteiger partial charge in [-0.1, -0.05) is 25.1 Å². The minimum atomic E-state index is -0.978. The number of hydrogen-bond acceptors (Lipinski definition) is 8. The van der Waals surface area contributed by atoms with Gasteiger partial charge in [-0.05, 0) is 25.0 Å². The van der Waals surface area contributed by atoms with Crippen molar-refractivity contribution < 1.29 is 33.3 Å². The molecule has 1 aromatic carbocycles. The maximum absolute atomic E-state index is 12.6. The lowest BCUT2D eigenvalue weighted by molar-refractivity contribution is -0.162. The lowest BCUT2D eigenvalue weighted by atomic mass is 9.87. The highest BCUT2D eigenvalue weighted by Crippen LogP contribution is 2.23. The zero-order valence-corrected chi connectivity index (χ0v) is 17.3. The van der Waals surface area contributed by atoms with Gasteiger partial charge in [0.25, 0.3) is 0 Å². The number of imidazole rings is 1. The van der Waals surface area contributed by atoms with Crippen LogP contribution in [0.5, 0.6) is 5.75 Å². The van der Waals surface area contributed by atoms with Gasteiger partial charge in [-0.3, -0.25) is 9.59 Å². The van der Waals surface area contributed by atoms with Crippen LogP contribution in [0.4, 0.5) is 4.79 Å². The van der Waals surface area contributed by atoms with Crippen molar-refractivity contribution in [2.45, 2.75) is 26.7 Å². The number of hydrogen-bond donors (Lipinski definition) is 0. The molecule has 1 aromatic heterocycles. The number of ether oxygens (including phenoxy) is 4. The highest BCUT2D eigenvalue weighted by Gasteiger charge is 2.30. The summed E-state index contributed by atoms with van der Waals surface area (Å²) in [4.78, 5) is 39.6. The minimum absolute atomic E-state index is 0.0605. The quantitative estimate of drug-likeness (QED) is 0.329. The summed E-state index contributed by atoms with van der Waals surface area (Å²) >= 11 is 0. The van der Waals surface area contributed by atoms with Gasteiger partial charge in [0.05, 0.1) is 18.9 Å². The zero-order chi connectivity index (χ0) is 21.9. The summed E-state index contributed by atoms with van der Waals surface area (Å²) in [5.74, 6) is -1.55. The van der Waals surface area contributed by atoms with Crippen molar-refractivity contribution in [2.75, 3.05) is 13.4 Å². The number of nitrogens with zero attached hydrogens (tertiary/aromatic N) is 2. The lowest BCUT2D eigenvalue weighted by Crippen LogP contribution is -2.32. The van der Waals surface area contributed by atoms with E-state index in [1.807, 2.05) is 18.5 Å². The Morgan fingerprint density at radius 2 is 1.83 bits per heavy atom. The summed E-state index contributed by atoms with van der Waals surface area (Å²) in [7, 11) is 1.84. The van der Waals surface area contributed by atoms with Gasteiger partial charge < -0.3 is 23.5 Å². The van der Waals surface area contributed by atoms with E-state index >= 15 is 0 Å². The molecule has 2 unspecified atom stereocenters. The smallest absolute Gasteiger partial charge is 0.466 e. The molecule has 30 heavy (non-hydrogen) atoms. The third kappa shape index (κ3) is 7.23. The molecule has 0 fully saturated rings. The highest BCUT2D eigenvalue weighted by atomic mass is 16.8. The Kier molecular flexibility index (Phi) is 8.86. The standard InChI is InChI=1S/C21H26N2O7/c1-4-19(16(12-27-15(2)24)10-17-11-22-13-23(17)3)20(25)28-14-29-21(26)30-18-8-6-5-7-9-18/h5-9,11,13,16,19H,4,10,12,14H2,1-3H3. The Morgan fingerprint density at radius 3 is 2.43 bits per heavy atom. The number of para-hydroxylation sites is 1. The first-order valence-corrected chi connectivity index (χ1v) is 9.55. The molecule has 9 heteroatoms. The van der Waals surface area contributed by atoms with E-state index in [1.165, 1.54) is 6.92 Å². The van der Waals surface area contributed by atoms with Gasteiger partial charge in [0, 0.05) is 31.8 Å². The monoisotopic (exact) mass is 418 g/mol. The van der Waals surface area contributed by atoms with Crippen LogP contribution in [0.2, 0.25) is 0 Å². The molecule has 0 saturated heterocycles. The fourth-order valence-electron chi connectivity index (χ4n) is 2.94. The summed E-state index contributed by atoms with van der Waals surface area (Å²) in [6.07, 6.45) is 3.30. The second-order valence-electron chi connectivity index (χ2n) is 6.67. The van der Waals surface area contributed by atoms with Crippen molar-refractivity contribution in [3.63, 3.8) is 0 Å². The first-order valence-electron chi connectivity index (χ1n) is 9.55. The second-order valence-corrected chi connectivity index (χ2v) is 6.67. The molecule has 0 bridgehead atoms. The van der Waals surface area contributed by atoms with Crippen LogP contribution in [0, 0.1) is 11.8 Å². The van der Waals surface area contributed by atoms with Crippen LogP contribution < -0.4 is 4.74 Å². The molecule has 0 aliphatic carbocycles. The average molecular weight is 418 g/mol. The fraction of sp³-hybridized carbons (Fsp3) is 0.429. The van der Waals surface area contributed by atoms with Crippen molar-refractivity contribution in [1.82, 2.24) is 9.55 Å². The zero-order valence-electron chi connectivity index (χ0n) is 17.3. The second kappa shape index (κ2) is 11.6. The number of carbonyl (C=O) groups is 3. The molecule has 0 spiro atoms. The van der Waals surface area contributed by atoms with E-state index in [1.54, 1.807) is 42.9 Å². The van der Waals surface area contributed by atoms with Crippen LogP contribution in [0.15, 0.2) is 42.9 Å². The summed E-state index contributed by atoms with van der Waals surface area (Å²) in [6, 6.07) is 8.39. The van der Waals surface area contributed by atoms with E-state index < -0.39 is 30.8 Å². The SMILES string of the molecule is CCC(C(=O)OCOC(=O)Oc1ccccc1)C(COC(C)=O)Cc1cncn1C. The number of aromatic nitrogens is 2. The Labute approximate surface area is 174 Å². The molecule has 0 saturated carbocycles. The van der Waals surface area contributed by atoms with Crippen LogP contribution in [0.25, 0.3) is 0 Å². The van der Waals surface area contributed by atoms with Gasteiger partial charge >= 0.3 is 18.1 Å². The van der Waals surface area contributed by atoms with Crippen LogP contribution in [0.1, 0.15) is 26.0 Å². The van der Waals surface area contributed by atoms with E-state index in [9.17, 15) is 14.4 Å². The van der Waals surface area contributed by atoms with Gasteiger partial charge in [-0.2, -0.15) is 0 Å². The van der Waals surface area contributed by atoms with E-state index in [0.717, 1.165) is 5.69 Å². The topological polar surface area (TPSA) is 106 Å². The fourth-order valence-corrected chi connectivity index (χ4v) is 2.94. The van der Waals surface area contributed by atoms with E-state index in [2.05, 4.69) is 4.98 Å². The normalized spacial score (nSPS) is 12.5. The minimum Gasteiger partial charge on any atom is -0.466 e. The Hall–Kier alpha value is -3.36. The predicted molar refractivity (Wildman–Crippen MR) is 105 cm³/mol. The number of aryl methyl sites for hydroxylation is 1. The molecule has 162 valence electrons. The molecular formula is C21H26N2O7. The number of esters is 2. The van der Waals surface area contributed by atoms with E-state index in [4.69, 9.17) is 18.9 Å². The summed E-state index contributed by atoms with van der Waals surface area (Å²) in [5.41, 5.74) is 0.890. The summed E-state index contributed by atoms with van der Waals surface area (Å²) in [5, 5.41) is 0. The lowest BCUT2D eigenvalue weighted by Gasteiger charge is -2.24. The first-order chi connectivity index (χ1) is 14.4. The largest absolute Gasteiger partial charge is 0.516 e. The van der Waals surface area contributed by atoms with Gasteiger partial charge in [-0.25, -0.2) is 9.78 Å². The molecule has 2 rings (SSSR count). The summed E-state index contributed by atoms with van der Waals surface area (Å²) < 4.78 is 21.9. The van der Waals surface area contributed by atoms with E-state index in [-0.39, 0.29) is 12.5 Å². The Morgan fingerprint density at radius 1 is 1.10 bits per heavy atom. The molecule has 0 aliphatic heterocycles. The van der Waals surface area contributed by atoms with Gasteiger partial charge in [0.2, 0.25) is 6.79 Å². The molecule has 9 nitrogen and oxygen atoms in total. The van der Waals surface area contributed by atoms with Crippen molar-refractivity contribution in [1.29, 1.82) is 0 Å². The summed E-state index contributed by atoms with van der Waals surface area (Å²) in [6.45, 7) is 2.63. The van der Waals surface area contributed by atoms with Crippen molar-refractivity contribution >= 4 is 18.1 Å². The molecule has 0 N–H and O–H groups in total. The van der Waals surface area contributed by atoms with Crippen LogP contribution >= 0.6 is 0 Å². The Balaban J connectivity index is 1.92. The molecule has 2 atom stereocenters. The number of carbonyl (C=O) groups excluding carboxylic acids is 3. The molecular weight excluding hydrogens is 392 g/mol. The predicted octanol–water partition coefficient (Wildman–Crippen LogP) is 2.88. The van der Waals surface area contributed by atoms with Crippen LogP contribution in [-0.4, -0.2) is 41.0 Å². The van der Waals surface area contributed by atoms with Crippen molar-refractivity contribution in [3.8, 4) is 5.75 Å². The molecule has 0 radical (unpaired) electrons. The molecule has 0 amide bonds.